The van der Waals surface area contributed by atoms with Gasteiger partial charge in [-0.15, -0.1) is 0 Å². The number of aryl methyl sites for hydroxylation is 2. The van der Waals surface area contributed by atoms with Crippen molar-refractivity contribution in [2.24, 2.45) is 0 Å². The van der Waals surface area contributed by atoms with Crippen LogP contribution in [-0.2, 0) is 18.4 Å². The summed E-state index contributed by atoms with van der Waals surface area (Å²) in [5.74, 6) is 0. The number of H-pyrrole nitrogens is 1. The van der Waals surface area contributed by atoms with Crippen molar-refractivity contribution in [2.45, 2.75) is 45.1 Å². The minimum atomic E-state index is 0.0390. The molecule has 0 saturated carbocycles. The van der Waals surface area contributed by atoms with Crippen molar-refractivity contribution >= 4 is 17.1 Å². The number of aromatic nitrogens is 4. The van der Waals surface area contributed by atoms with Gasteiger partial charge in [0, 0.05) is 60.1 Å². The molecule has 1 spiro atoms. The first-order valence-corrected chi connectivity index (χ1v) is 10.2. The molecule has 5 heterocycles. The zero-order chi connectivity index (χ0) is 19.3. The topological polar surface area (TPSA) is 78.8 Å². The summed E-state index contributed by atoms with van der Waals surface area (Å²) in [7, 11) is 0. The van der Waals surface area contributed by atoms with E-state index in [1.165, 1.54) is 11.4 Å². The number of amides is 2. The van der Waals surface area contributed by atoms with Crippen molar-refractivity contribution in [3.8, 4) is 11.3 Å². The van der Waals surface area contributed by atoms with E-state index in [9.17, 15) is 4.79 Å². The van der Waals surface area contributed by atoms with E-state index in [4.69, 9.17) is 5.10 Å². The van der Waals surface area contributed by atoms with Gasteiger partial charge in [-0.2, -0.15) is 5.10 Å². The number of pyridine rings is 1. The molecule has 28 heavy (non-hydrogen) atoms. The number of nitrogens with zero attached hydrogens (tertiary/aromatic N) is 4. The molecule has 7 nitrogen and oxygen atoms in total. The normalized spacial score (nSPS) is 21.0. The quantitative estimate of drug-likeness (QED) is 0.735. The monoisotopic (exact) mass is 378 g/mol. The summed E-state index contributed by atoms with van der Waals surface area (Å²) in [4.78, 5) is 22.1. The summed E-state index contributed by atoms with van der Waals surface area (Å²) in [6, 6.07) is 6.59. The number of rotatable bonds is 3. The van der Waals surface area contributed by atoms with Crippen LogP contribution in [0.3, 0.4) is 0 Å². The molecule has 0 aromatic carbocycles. The largest absolute Gasteiger partial charge is 0.343 e. The molecule has 3 aromatic heterocycles. The fourth-order valence-corrected chi connectivity index (χ4v) is 4.73. The van der Waals surface area contributed by atoms with E-state index in [0.717, 1.165) is 61.2 Å². The molecule has 5 rings (SSSR count). The van der Waals surface area contributed by atoms with Gasteiger partial charge >= 0.3 is 6.03 Å². The van der Waals surface area contributed by atoms with E-state index in [2.05, 4.69) is 45.1 Å². The Morgan fingerprint density at radius 2 is 2.11 bits per heavy atom. The maximum absolute atomic E-state index is 12.3. The van der Waals surface area contributed by atoms with Crippen molar-refractivity contribution in [1.82, 2.24) is 30.0 Å². The highest BCUT2D eigenvalue weighted by Crippen LogP contribution is 2.43. The molecule has 1 fully saturated rings. The standard InChI is InChI=1S/C21H26N6O/c1-3-16-10-14-9-15(12-23-19(14)24-16)17-11-18-21(6-8-27(18)25-17)5-7-26(13-21)20(28)22-4-2/h9-12H,3-8,13H2,1-2H3,(H,22,28)(H,23,24). The molecule has 2 N–H and O–H groups in total. The molecule has 1 saturated heterocycles. The van der Waals surface area contributed by atoms with Crippen LogP contribution in [0.25, 0.3) is 22.3 Å². The first kappa shape index (κ1) is 17.3. The summed E-state index contributed by atoms with van der Waals surface area (Å²) in [5, 5.41) is 8.92. The molecule has 0 aliphatic carbocycles. The number of carbonyl (C=O) groups is 1. The van der Waals surface area contributed by atoms with Crippen LogP contribution in [0.15, 0.2) is 24.4 Å². The fourth-order valence-electron chi connectivity index (χ4n) is 4.73. The molecule has 0 bridgehead atoms. The van der Waals surface area contributed by atoms with E-state index in [1.807, 2.05) is 18.0 Å². The lowest BCUT2D eigenvalue weighted by Gasteiger charge is -2.23. The molecule has 146 valence electrons. The predicted molar refractivity (Wildman–Crippen MR) is 108 cm³/mol. The number of fused-ring (bicyclic) bond motifs is 3. The highest BCUT2D eigenvalue weighted by atomic mass is 16.2. The van der Waals surface area contributed by atoms with Crippen LogP contribution in [0.2, 0.25) is 0 Å². The molecular weight excluding hydrogens is 352 g/mol. The van der Waals surface area contributed by atoms with Crippen LogP contribution in [-0.4, -0.2) is 50.3 Å². The summed E-state index contributed by atoms with van der Waals surface area (Å²) < 4.78 is 2.13. The Morgan fingerprint density at radius 3 is 2.93 bits per heavy atom. The van der Waals surface area contributed by atoms with Gasteiger partial charge in [0.15, 0.2) is 0 Å². The maximum Gasteiger partial charge on any atom is 0.317 e. The summed E-state index contributed by atoms with van der Waals surface area (Å²) in [6.07, 6.45) is 4.93. The average molecular weight is 378 g/mol. The first-order valence-electron chi connectivity index (χ1n) is 10.2. The molecule has 3 aromatic rings. The highest BCUT2D eigenvalue weighted by Gasteiger charge is 2.46. The second-order valence-corrected chi connectivity index (χ2v) is 7.99. The van der Waals surface area contributed by atoms with Gasteiger partial charge in [-0.25, -0.2) is 9.78 Å². The number of hydrogen-bond acceptors (Lipinski definition) is 3. The lowest BCUT2D eigenvalue weighted by Crippen LogP contribution is -2.40. The third-order valence-electron chi connectivity index (χ3n) is 6.30. The van der Waals surface area contributed by atoms with Gasteiger partial charge in [-0.05, 0) is 44.4 Å². The van der Waals surface area contributed by atoms with Crippen LogP contribution in [0.4, 0.5) is 4.79 Å². The molecule has 2 amide bonds. The maximum atomic E-state index is 12.3. The predicted octanol–water partition coefficient (Wildman–Crippen LogP) is 3.07. The number of likely N-dealkylation sites (tertiary alicyclic amines) is 1. The number of urea groups is 1. The average Bonchev–Trinajstić information content (AvgIpc) is 3.46. The zero-order valence-electron chi connectivity index (χ0n) is 16.5. The lowest BCUT2D eigenvalue weighted by molar-refractivity contribution is 0.206. The van der Waals surface area contributed by atoms with Gasteiger partial charge in [0.2, 0.25) is 0 Å². The van der Waals surface area contributed by atoms with Crippen LogP contribution in [0, 0.1) is 0 Å². The van der Waals surface area contributed by atoms with Crippen LogP contribution >= 0.6 is 0 Å². The Balaban J connectivity index is 1.45. The summed E-state index contributed by atoms with van der Waals surface area (Å²) >= 11 is 0. The van der Waals surface area contributed by atoms with Gasteiger partial charge in [-0.1, -0.05) is 6.92 Å². The van der Waals surface area contributed by atoms with Crippen LogP contribution in [0.1, 0.15) is 38.1 Å². The minimum absolute atomic E-state index is 0.0390. The van der Waals surface area contributed by atoms with E-state index >= 15 is 0 Å². The number of nitrogens with one attached hydrogen (secondary N) is 2. The lowest BCUT2D eigenvalue weighted by atomic mass is 9.82. The summed E-state index contributed by atoms with van der Waals surface area (Å²) in [6.45, 7) is 7.26. The van der Waals surface area contributed by atoms with Crippen molar-refractivity contribution in [3.63, 3.8) is 0 Å². The van der Waals surface area contributed by atoms with Gasteiger partial charge in [0.05, 0.1) is 5.69 Å². The Labute approximate surface area is 164 Å². The third-order valence-corrected chi connectivity index (χ3v) is 6.30. The third kappa shape index (κ3) is 2.60. The van der Waals surface area contributed by atoms with Crippen molar-refractivity contribution in [1.29, 1.82) is 0 Å². The van der Waals surface area contributed by atoms with E-state index < -0.39 is 0 Å². The van der Waals surface area contributed by atoms with Gasteiger partial charge in [-0.3, -0.25) is 4.68 Å². The highest BCUT2D eigenvalue weighted by molar-refractivity contribution is 5.81. The summed E-state index contributed by atoms with van der Waals surface area (Å²) in [5.41, 5.74) is 5.44. The van der Waals surface area contributed by atoms with Crippen molar-refractivity contribution in [2.75, 3.05) is 19.6 Å². The Kier molecular flexibility index (Phi) is 3.92. The van der Waals surface area contributed by atoms with E-state index in [-0.39, 0.29) is 11.4 Å². The smallest absolute Gasteiger partial charge is 0.317 e. The zero-order valence-corrected chi connectivity index (χ0v) is 16.5. The van der Waals surface area contributed by atoms with E-state index in [1.54, 1.807) is 0 Å². The number of hydrogen-bond donors (Lipinski definition) is 2. The Bertz CT molecular complexity index is 1050. The van der Waals surface area contributed by atoms with Crippen LogP contribution < -0.4 is 5.32 Å². The van der Waals surface area contributed by atoms with Crippen molar-refractivity contribution < 1.29 is 4.79 Å². The van der Waals surface area contributed by atoms with Gasteiger partial charge in [0.25, 0.3) is 0 Å². The molecule has 1 unspecified atom stereocenters. The molecule has 2 aliphatic rings. The number of carbonyl (C=O) groups excluding carboxylic acids is 1. The Hall–Kier alpha value is -2.83. The molecular formula is C21H26N6O. The second-order valence-electron chi connectivity index (χ2n) is 7.99. The fraction of sp³-hybridized carbons (Fsp3) is 0.476. The van der Waals surface area contributed by atoms with Gasteiger partial charge in [0.1, 0.15) is 5.65 Å². The SMILES string of the molecule is CCNC(=O)N1CCC2(CCn3nc(-c4cnc5[nH]c(CC)cc5c4)cc32)C1. The first-order chi connectivity index (χ1) is 13.6. The molecule has 0 radical (unpaired) electrons. The van der Waals surface area contributed by atoms with Gasteiger partial charge < -0.3 is 15.2 Å². The molecule has 7 heteroatoms. The van der Waals surface area contributed by atoms with Crippen molar-refractivity contribution in [3.05, 3.63) is 35.8 Å². The van der Waals surface area contributed by atoms with Crippen LogP contribution in [0.5, 0.6) is 0 Å². The Morgan fingerprint density at radius 1 is 1.25 bits per heavy atom. The molecule has 2 aliphatic heterocycles. The number of aromatic amines is 1. The second kappa shape index (κ2) is 6.36. The minimum Gasteiger partial charge on any atom is -0.343 e. The van der Waals surface area contributed by atoms with E-state index in [0.29, 0.717) is 6.54 Å². The molecule has 1 atom stereocenters.